The average Bonchev–Trinajstić information content (AvgIpc) is 3.30. The number of nitrogens with zero attached hydrogens (tertiary/aromatic N) is 1. The maximum atomic E-state index is 12.3. The molecule has 3 rings (SSSR count). The molecule has 6 heteroatoms. The number of likely N-dealkylation sites (tertiary alicyclic amines) is 1. The molecule has 0 saturated carbocycles. The Kier molecular flexibility index (Phi) is 5.94. The maximum Gasteiger partial charge on any atom is 0.225 e. The lowest BCUT2D eigenvalue weighted by molar-refractivity contribution is -0.129. The van der Waals surface area contributed by atoms with Gasteiger partial charge in [-0.15, -0.1) is 0 Å². The first-order valence-corrected chi connectivity index (χ1v) is 8.87. The Morgan fingerprint density at radius 2 is 2.12 bits per heavy atom. The van der Waals surface area contributed by atoms with E-state index in [-0.39, 0.29) is 24.2 Å². The van der Waals surface area contributed by atoms with Gasteiger partial charge in [0.1, 0.15) is 11.5 Å². The maximum absolute atomic E-state index is 12.3. The molecule has 1 aromatic carbocycles. The molecule has 0 bridgehead atoms. The molecule has 0 radical (unpaired) electrons. The Morgan fingerprint density at radius 1 is 1.27 bits per heavy atom. The normalized spacial score (nSPS) is 16.7. The molecule has 1 aromatic heterocycles. The third-order valence-corrected chi connectivity index (χ3v) is 4.68. The van der Waals surface area contributed by atoms with Crippen molar-refractivity contribution < 1.29 is 18.7 Å². The minimum absolute atomic E-state index is 0.0334. The van der Waals surface area contributed by atoms with Crippen LogP contribution in [-0.4, -0.2) is 43.5 Å². The van der Waals surface area contributed by atoms with Crippen molar-refractivity contribution in [3.8, 4) is 5.75 Å². The van der Waals surface area contributed by atoms with Crippen molar-refractivity contribution in [2.75, 3.05) is 26.7 Å². The summed E-state index contributed by atoms with van der Waals surface area (Å²) in [6.07, 6.45) is 3.25. The highest BCUT2D eigenvalue weighted by Gasteiger charge is 2.33. The Hall–Kier alpha value is -2.76. The number of carbonyl (C=O) groups excluding carboxylic acids is 2. The number of para-hydroxylation sites is 1. The molecule has 1 fully saturated rings. The molecule has 2 amide bonds. The van der Waals surface area contributed by atoms with Gasteiger partial charge >= 0.3 is 0 Å². The van der Waals surface area contributed by atoms with Crippen molar-refractivity contribution in [2.24, 2.45) is 5.92 Å². The van der Waals surface area contributed by atoms with E-state index >= 15 is 0 Å². The summed E-state index contributed by atoms with van der Waals surface area (Å²) >= 11 is 0. The van der Waals surface area contributed by atoms with Crippen molar-refractivity contribution in [1.29, 1.82) is 0 Å². The fourth-order valence-electron chi connectivity index (χ4n) is 3.24. The molecule has 0 spiro atoms. The predicted octanol–water partition coefficient (Wildman–Crippen LogP) is 2.04. The molecule has 1 saturated heterocycles. The second-order valence-electron chi connectivity index (χ2n) is 6.42. The Balaban J connectivity index is 1.46. The summed E-state index contributed by atoms with van der Waals surface area (Å²) in [6, 6.07) is 11.5. The van der Waals surface area contributed by atoms with E-state index in [0.29, 0.717) is 32.5 Å². The van der Waals surface area contributed by atoms with E-state index in [4.69, 9.17) is 9.15 Å². The second kappa shape index (κ2) is 8.56. The lowest BCUT2D eigenvalue weighted by atomic mass is 10.1. The number of hydrogen-bond acceptors (Lipinski definition) is 4. The molecule has 0 aliphatic carbocycles. The highest BCUT2D eigenvalue weighted by molar-refractivity contribution is 5.89. The molecular weight excluding hydrogens is 332 g/mol. The number of furan rings is 1. The van der Waals surface area contributed by atoms with Gasteiger partial charge in [0.05, 0.1) is 19.3 Å². The topological polar surface area (TPSA) is 71.8 Å². The van der Waals surface area contributed by atoms with Gasteiger partial charge in [-0.25, -0.2) is 0 Å². The second-order valence-corrected chi connectivity index (χ2v) is 6.42. The standard InChI is InChI=1S/C20H24N2O4/c1-25-18-7-3-2-5-15(18)9-11-22-14-16(13-19(22)23)20(24)21-10-8-17-6-4-12-26-17/h2-7,12,16H,8-11,13-14H2,1H3,(H,21,24)/t16-/m0/s1. The van der Waals surface area contributed by atoms with Gasteiger partial charge in [-0.2, -0.15) is 0 Å². The molecule has 1 aliphatic rings. The molecule has 1 atom stereocenters. The first kappa shape index (κ1) is 18.0. The number of rotatable bonds is 8. The minimum atomic E-state index is -0.281. The van der Waals surface area contributed by atoms with Gasteiger partial charge in [0, 0.05) is 32.5 Å². The zero-order valence-corrected chi connectivity index (χ0v) is 14.9. The van der Waals surface area contributed by atoms with Crippen LogP contribution in [0.2, 0.25) is 0 Å². The highest BCUT2D eigenvalue weighted by Crippen LogP contribution is 2.21. The van der Waals surface area contributed by atoms with E-state index in [1.807, 2.05) is 36.4 Å². The third-order valence-electron chi connectivity index (χ3n) is 4.68. The highest BCUT2D eigenvalue weighted by atomic mass is 16.5. The molecule has 6 nitrogen and oxygen atoms in total. The zero-order chi connectivity index (χ0) is 18.4. The SMILES string of the molecule is COc1ccccc1CCN1C[C@@H](C(=O)NCCc2ccco2)CC1=O. The first-order chi connectivity index (χ1) is 12.7. The van der Waals surface area contributed by atoms with Crippen LogP contribution in [0.25, 0.3) is 0 Å². The van der Waals surface area contributed by atoms with Gasteiger partial charge < -0.3 is 19.4 Å². The first-order valence-electron chi connectivity index (χ1n) is 8.87. The largest absolute Gasteiger partial charge is 0.496 e. The summed E-state index contributed by atoms with van der Waals surface area (Å²) in [7, 11) is 1.64. The van der Waals surface area contributed by atoms with E-state index in [2.05, 4.69) is 5.32 Å². The van der Waals surface area contributed by atoms with Crippen LogP contribution in [0.4, 0.5) is 0 Å². The lowest BCUT2D eigenvalue weighted by Gasteiger charge is -2.17. The van der Waals surface area contributed by atoms with E-state index in [1.165, 1.54) is 0 Å². The zero-order valence-electron chi connectivity index (χ0n) is 14.9. The lowest BCUT2D eigenvalue weighted by Crippen LogP contribution is -2.34. The fraction of sp³-hybridized carbons (Fsp3) is 0.400. The number of nitrogens with one attached hydrogen (secondary N) is 1. The van der Waals surface area contributed by atoms with E-state index in [9.17, 15) is 9.59 Å². The summed E-state index contributed by atoms with van der Waals surface area (Å²) in [4.78, 5) is 26.3. The summed E-state index contributed by atoms with van der Waals surface area (Å²) in [5.74, 6) is 1.35. The Morgan fingerprint density at radius 3 is 2.88 bits per heavy atom. The van der Waals surface area contributed by atoms with Crippen LogP contribution in [0.5, 0.6) is 5.75 Å². The third kappa shape index (κ3) is 4.45. The van der Waals surface area contributed by atoms with Crippen molar-refractivity contribution in [1.82, 2.24) is 10.2 Å². The van der Waals surface area contributed by atoms with Crippen LogP contribution >= 0.6 is 0 Å². The van der Waals surface area contributed by atoms with Crippen LogP contribution in [0.1, 0.15) is 17.7 Å². The van der Waals surface area contributed by atoms with Crippen LogP contribution in [0.15, 0.2) is 47.1 Å². The van der Waals surface area contributed by atoms with Crippen molar-refractivity contribution >= 4 is 11.8 Å². The summed E-state index contributed by atoms with van der Waals surface area (Å²) in [6.45, 7) is 1.58. The molecule has 26 heavy (non-hydrogen) atoms. The van der Waals surface area contributed by atoms with Crippen molar-refractivity contribution in [2.45, 2.75) is 19.3 Å². The van der Waals surface area contributed by atoms with Crippen molar-refractivity contribution in [3.63, 3.8) is 0 Å². The number of hydrogen-bond donors (Lipinski definition) is 1. The molecule has 2 heterocycles. The Labute approximate surface area is 153 Å². The van der Waals surface area contributed by atoms with Gasteiger partial charge in [-0.1, -0.05) is 18.2 Å². The smallest absolute Gasteiger partial charge is 0.225 e. The number of benzene rings is 1. The van der Waals surface area contributed by atoms with Gasteiger partial charge in [0.15, 0.2) is 0 Å². The quantitative estimate of drug-likeness (QED) is 0.786. The average molecular weight is 356 g/mol. The number of carbonyl (C=O) groups is 2. The molecule has 0 unspecified atom stereocenters. The van der Waals surface area contributed by atoms with Gasteiger partial charge in [0.25, 0.3) is 0 Å². The molecule has 138 valence electrons. The van der Waals surface area contributed by atoms with Crippen LogP contribution < -0.4 is 10.1 Å². The van der Waals surface area contributed by atoms with E-state index < -0.39 is 0 Å². The number of methoxy groups -OCH3 is 1. The summed E-state index contributed by atoms with van der Waals surface area (Å²) in [5, 5.41) is 2.90. The molecular formula is C20H24N2O4. The number of amides is 2. The minimum Gasteiger partial charge on any atom is -0.496 e. The van der Waals surface area contributed by atoms with Crippen molar-refractivity contribution in [3.05, 3.63) is 54.0 Å². The predicted molar refractivity (Wildman–Crippen MR) is 96.8 cm³/mol. The van der Waals surface area contributed by atoms with Crippen LogP contribution in [0, 0.1) is 5.92 Å². The van der Waals surface area contributed by atoms with Crippen LogP contribution in [0.3, 0.4) is 0 Å². The fourth-order valence-corrected chi connectivity index (χ4v) is 3.24. The van der Waals surface area contributed by atoms with Gasteiger partial charge in [-0.3, -0.25) is 9.59 Å². The van der Waals surface area contributed by atoms with Gasteiger partial charge in [-0.05, 0) is 30.2 Å². The summed E-state index contributed by atoms with van der Waals surface area (Å²) in [5.41, 5.74) is 1.06. The molecule has 1 N–H and O–H groups in total. The number of ether oxygens (including phenoxy) is 1. The monoisotopic (exact) mass is 356 g/mol. The van der Waals surface area contributed by atoms with Crippen LogP contribution in [-0.2, 0) is 22.4 Å². The summed E-state index contributed by atoms with van der Waals surface area (Å²) < 4.78 is 10.6. The molecule has 2 aromatic rings. The Bertz CT molecular complexity index is 742. The molecule has 1 aliphatic heterocycles. The van der Waals surface area contributed by atoms with Gasteiger partial charge in [0.2, 0.25) is 11.8 Å². The van der Waals surface area contributed by atoms with E-state index in [1.54, 1.807) is 18.3 Å². The van der Waals surface area contributed by atoms with E-state index in [0.717, 1.165) is 17.1 Å².